The average Bonchev–Trinajstić information content (AvgIpc) is 2.54. The molecule has 1 amide bonds. The fourth-order valence-corrected chi connectivity index (χ4v) is 2.76. The van der Waals surface area contributed by atoms with Crippen molar-refractivity contribution in [2.75, 3.05) is 26.2 Å². The number of hydrogen-bond donors (Lipinski definition) is 1. The number of hydrogen-bond acceptors (Lipinski definition) is 3. The fourth-order valence-electron chi connectivity index (χ4n) is 2.76. The summed E-state index contributed by atoms with van der Waals surface area (Å²) < 4.78 is 0. The average molecular weight is 289 g/mol. The molecule has 1 aliphatic rings. The number of piperidine rings is 1. The maximum atomic E-state index is 11.7. The monoisotopic (exact) mass is 289 g/mol. The highest BCUT2D eigenvalue weighted by Crippen LogP contribution is 2.09. The minimum Gasteiger partial charge on any atom is -0.356 e. The van der Waals surface area contributed by atoms with Crippen molar-refractivity contribution in [2.45, 2.75) is 44.9 Å². The van der Waals surface area contributed by atoms with Gasteiger partial charge in [0, 0.05) is 25.4 Å². The molecule has 4 nitrogen and oxygen atoms in total. The van der Waals surface area contributed by atoms with Gasteiger partial charge in [0.1, 0.15) is 0 Å². The zero-order valence-electron chi connectivity index (χ0n) is 12.9. The zero-order valence-corrected chi connectivity index (χ0v) is 12.9. The van der Waals surface area contributed by atoms with Gasteiger partial charge in [-0.15, -0.1) is 0 Å². The van der Waals surface area contributed by atoms with Gasteiger partial charge in [-0.1, -0.05) is 12.5 Å². The van der Waals surface area contributed by atoms with Gasteiger partial charge < -0.3 is 10.2 Å². The van der Waals surface area contributed by atoms with Crippen molar-refractivity contribution in [3.8, 4) is 0 Å². The fraction of sp³-hybridized carbons (Fsp3) is 0.647. The van der Waals surface area contributed by atoms with E-state index in [2.05, 4.69) is 15.2 Å². The van der Waals surface area contributed by atoms with Gasteiger partial charge in [0.15, 0.2) is 0 Å². The number of nitrogens with zero attached hydrogens (tertiary/aromatic N) is 2. The Morgan fingerprint density at radius 1 is 1.24 bits per heavy atom. The van der Waals surface area contributed by atoms with E-state index in [1.54, 1.807) is 6.20 Å². The van der Waals surface area contributed by atoms with E-state index in [-0.39, 0.29) is 5.91 Å². The molecule has 0 saturated carbocycles. The summed E-state index contributed by atoms with van der Waals surface area (Å²) in [6.07, 6.45) is 11.3. The molecule has 0 unspecified atom stereocenters. The van der Waals surface area contributed by atoms with Crippen LogP contribution in [0.15, 0.2) is 24.5 Å². The van der Waals surface area contributed by atoms with Gasteiger partial charge in [0.05, 0.1) is 0 Å². The van der Waals surface area contributed by atoms with Crippen molar-refractivity contribution < 1.29 is 4.79 Å². The first-order valence-corrected chi connectivity index (χ1v) is 8.22. The molecular weight excluding hydrogens is 262 g/mol. The van der Waals surface area contributed by atoms with Crippen LogP contribution in [0.2, 0.25) is 0 Å². The number of rotatable bonds is 8. The van der Waals surface area contributed by atoms with Crippen LogP contribution in [0.1, 0.15) is 44.1 Å². The molecule has 21 heavy (non-hydrogen) atoms. The smallest absolute Gasteiger partial charge is 0.220 e. The second-order valence-corrected chi connectivity index (χ2v) is 5.82. The van der Waals surface area contributed by atoms with E-state index in [1.807, 2.05) is 18.3 Å². The second kappa shape index (κ2) is 9.50. The predicted octanol–water partition coefficient (Wildman–Crippen LogP) is 2.40. The van der Waals surface area contributed by atoms with Crippen LogP contribution in [0.4, 0.5) is 0 Å². The Bertz CT molecular complexity index is 402. The van der Waals surface area contributed by atoms with Crippen molar-refractivity contribution in [1.82, 2.24) is 15.2 Å². The lowest BCUT2D eigenvalue weighted by Crippen LogP contribution is -2.31. The van der Waals surface area contributed by atoms with Crippen molar-refractivity contribution in [1.29, 1.82) is 0 Å². The largest absolute Gasteiger partial charge is 0.356 e. The van der Waals surface area contributed by atoms with Crippen LogP contribution in [0.3, 0.4) is 0 Å². The number of aromatic nitrogens is 1. The maximum absolute atomic E-state index is 11.7. The molecule has 0 aromatic carbocycles. The van der Waals surface area contributed by atoms with E-state index in [4.69, 9.17) is 0 Å². The number of nitrogens with one attached hydrogen (secondary N) is 1. The van der Waals surface area contributed by atoms with Crippen LogP contribution in [0.25, 0.3) is 0 Å². The summed E-state index contributed by atoms with van der Waals surface area (Å²) in [6.45, 7) is 4.51. The lowest BCUT2D eigenvalue weighted by molar-refractivity contribution is -0.121. The first-order valence-electron chi connectivity index (χ1n) is 8.22. The molecule has 116 valence electrons. The minimum absolute atomic E-state index is 0.150. The Balaban J connectivity index is 1.47. The molecule has 2 rings (SSSR count). The van der Waals surface area contributed by atoms with Gasteiger partial charge in [-0.05, 0) is 63.4 Å². The van der Waals surface area contributed by atoms with Crippen molar-refractivity contribution in [3.63, 3.8) is 0 Å². The third-order valence-corrected chi connectivity index (χ3v) is 4.04. The standard InChI is InChI=1S/C17H27N3O/c21-17(9-8-16-7-6-10-18-15-16)19-11-2-5-14-20-12-3-1-4-13-20/h6-7,10,15H,1-5,8-9,11-14H2,(H,19,21). The van der Waals surface area contributed by atoms with Gasteiger partial charge in [-0.25, -0.2) is 0 Å². The summed E-state index contributed by atoms with van der Waals surface area (Å²) in [4.78, 5) is 18.3. The normalized spacial score (nSPS) is 15.8. The number of pyridine rings is 1. The van der Waals surface area contributed by atoms with E-state index >= 15 is 0 Å². The molecule has 4 heteroatoms. The Kier molecular flexibility index (Phi) is 7.22. The van der Waals surface area contributed by atoms with Crippen molar-refractivity contribution >= 4 is 5.91 Å². The molecule has 0 radical (unpaired) electrons. The van der Waals surface area contributed by atoms with E-state index in [0.29, 0.717) is 6.42 Å². The van der Waals surface area contributed by atoms with Gasteiger partial charge in [-0.2, -0.15) is 0 Å². The lowest BCUT2D eigenvalue weighted by atomic mass is 10.1. The number of likely N-dealkylation sites (tertiary alicyclic amines) is 1. The summed E-state index contributed by atoms with van der Waals surface area (Å²) in [6, 6.07) is 3.92. The topological polar surface area (TPSA) is 45.2 Å². The third kappa shape index (κ3) is 6.71. The Morgan fingerprint density at radius 2 is 2.10 bits per heavy atom. The number of unbranched alkanes of at least 4 members (excludes halogenated alkanes) is 1. The molecule has 1 aliphatic heterocycles. The van der Waals surface area contributed by atoms with Crippen molar-refractivity contribution in [2.24, 2.45) is 0 Å². The summed E-state index contributed by atoms with van der Waals surface area (Å²) in [7, 11) is 0. The predicted molar refractivity (Wildman–Crippen MR) is 85.1 cm³/mol. The zero-order chi connectivity index (χ0) is 14.8. The number of carbonyl (C=O) groups excluding carboxylic acids is 1. The van der Waals surface area contributed by atoms with Crippen LogP contribution >= 0.6 is 0 Å². The quantitative estimate of drug-likeness (QED) is 0.747. The maximum Gasteiger partial charge on any atom is 0.220 e. The number of aryl methyl sites for hydroxylation is 1. The van der Waals surface area contributed by atoms with Gasteiger partial charge in [0.2, 0.25) is 5.91 Å². The Labute approximate surface area is 127 Å². The highest BCUT2D eigenvalue weighted by molar-refractivity contribution is 5.76. The molecular formula is C17H27N3O. The van der Waals surface area contributed by atoms with Crippen LogP contribution in [0.5, 0.6) is 0 Å². The summed E-state index contributed by atoms with van der Waals surface area (Å²) in [5.74, 6) is 0.150. The molecule has 2 heterocycles. The van der Waals surface area contributed by atoms with Crippen LogP contribution in [0, 0.1) is 0 Å². The molecule has 1 aromatic rings. The second-order valence-electron chi connectivity index (χ2n) is 5.82. The highest BCUT2D eigenvalue weighted by atomic mass is 16.1. The van der Waals surface area contributed by atoms with E-state index in [9.17, 15) is 4.79 Å². The molecule has 0 aliphatic carbocycles. The molecule has 1 fully saturated rings. The van der Waals surface area contributed by atoms with Gasteiger partial charge in [0.25, 0.3) is 0 Å². The molecule has 0 bridgehead atoms. The summed E-state index contributed by atoms with van der Waals surface area (Å²) in [5, 5.41) is 3.01. The van der Waals surface area contributed by atoms with Crippen molar-refractivity contribution in [3.05, 3.63) is 30.1 Å². The first-order chi connectivity index (χ1) is 10.3. The van der Waals surface area contributed by atoms with Crippen LogP contribution in [-0.4, -0.2) is 42.0 Å². The summed E-state index contributed by atoms with van der Waals surface area (Å²) >= 11 is 0. The molecule has 1 aromatic heterocycles. The Morgan fingerprint density at radius 3 is 2.86 bits per heavy atom. The first kappa shape index (κ1) is 16.0. The van der Waals surface area contributed by atoms with Gasteiger partial charge >= 0.3 is 0 Å². The van der Waals surface area contributed by atoms with Gasteiger partial charge in [-0.3, -0.25) is 9.78 Å². The van der Waals surface area contributed by atoms with Crippen LogP contribution in [-0.2, 0) is 11.2 Å². The molecule has 1 N–H and O–H groups in total. The van der Waals surface area contributed by atoms with Crippen LogP contribution < -0.4 is 5.32 Å². The SMILES string of the molecule is O=C(CCc1cccnc1)NCCCCN1CCCCC1. The molecule has 0 spiro atoms. The lowest BCUT2D eigenvalue weighted by Gasteiger charge is -2.26. The summed E-state index contributed by atoms with van der Waals surface area (Å²) in [5.41, 5.74) is 1.12. The minimum atomic E-state index is 0.150. The molecule has 1 saturated heterocycles. The van der Waals surface area contributed by atoms with E-state index in [0.717, 1.165) is 24.9 Å². The third-order valence-electron chi connectivity index (χ3n) is 4.04. The molecule has 0 atom stereocenters. The highest BCUT2D eigenvalue weighted by Gasteiger charge is 2.09. The number of carbonyl (C=O) groups is 1. The van der Waals surface area contributed by atoms with E-state index < -0.39 is 0 Å². The Hall–Kier alpha value is -1.42. The number of amides is 1. The van der Waals surface area contributed by atoms with E-state index in [1.165, 1.54) is 45.3 Å².